The van der Waals surface area contributed by atoms with E-state index in [2.05, 4.69) is 20.3 Å². The fourth-order valence-corrected chi connectivity index (χ4v) is 4.34. The number of nitrogens with one attached hydrogen (secondary N) is 2. The summed E-state index contributed by atoms with van der Waals surface area (Å²) in [7, 11) is 0. The third-order valence-corrected chi connectivity index (χ3v) is 6.38. The number of hydrogen-bond donors (Lipinski definition) is 2. The number of fused-ring (bicyclic) bond motifs is 1. The maximum Gasteiger partial charge on any atom is 0.416 e. The zero-order valence-electron chi connectivity index (χ0n) is 20.9. The van der Waals surface area contributed by atoms with Crippen LogP contribution in [-0.4, -0.2) is 32.3 Å². The Kier molecular flexibility index (Phi) is 7.74. The molecule has 0 saturated carbocycles. The molecule has 39 heavy (non-hydrogen) atoms. The zero-order valence-corrected chi connectivity index (χ0v) is 20.9. The molecule has 0 aliphatic carbocycles. The molecule has 5 rings (SSSR count). The van der Waals surface area contributed by atoms with Crippen molar-refractivity contribution < 1.29 is 22.4 Å². The van der Waals surface area contributed by atoms with E-state index >= 15 is 0 Å². The second-order valence-electron chi connectivity index (χ2n) is 9.19. The second-order valence-corrected chi connectivity index (χ2v) is 9.19. The number of aromatic nitrogens is 3. The molecule has 1 amide bonds. The van der Waals surface area contributed by atoms with Gasteiger partial charge in [0.2, 0.25) is 5.89 Å². The minimum absolute atomic E-state index is 0.153. The van der Waals surface area contributed by atoms with Gasteiger partial charge in [0, 0.05) is 49.1 Å². The molecule has 2 N–H and O–H groups in total. The summed E-state index contributed by atoms with van der Waals surface area (Å²) in [6, 6.07) is 16.8. The molecule has 0 fully saturated rings. The van der Waals surface area contributed by atoms with Crippen LogP contribution in [0.25, 0.3) is 10.9 Å². The van der Waals surface area contributed by atoms with Gasteiger partial charge in [-0.25, -0.2) is 4.98 Å². The number of halogens is 3. The number of H-pyrrole nitrogens is 1. The molecule has 0 atom stereocenters. The number of amides is 1. The lowest BCUT2D eigenvalue weighted by Crippen LogP contribution is -2.26. The highest BCUT2D eigenvalue weighted by Gasteiger charge is 2.30. The van der Waals surface area contributed by atoms with Gasteiger partial charge >= 0.3 is 6.18 Å². The average Bonchev–Trinajstić information content (AvgIpc) is 3.58. The zero-order chi connectivity index (χ0) is 27.2. The Bertz CT molecular complexity index is 1530. The first-order valence-corrected chi connectivity index (χ1v) is 12.4. The molecule has 3 heterocycles. The third-order valence-electron chi connectivity index (χ3n) is 6.38. The van der Waals surface area contributed by atoms with Crippen LogP contribution < -0.4 is 5.32 Å². The van der Waals surface area contributed by atoms with Gasteiger partial charge < -0.3 is 14.7 Å². The Labute approximate surface area is 222 Å². The summed E-state index contributed by atoms with van der Waals surface area (Å²) in [6.45, 7) is 1.55. The van der Waals surface area contributed by atoms with Crippen LogP contribution in [0, 0.1) is 0 Å². The average molecular weight is 534 g/mol. The molecule has 0 bridgehead atoms. The van der Waals surface area contributed by atoms with Gasteiger partial charge in [-0.15, -0.1) is 0 Å². The number of pyridine rings is 1. The number of oxazole rings is 1. The lowest BCUT2D eigenvalue weighted by atomic mass is 10.1. The number of rotatable bonds is 10. The molecule has 2 aromatic carbocycles. The summed E-state index contributed by atoms with van der Waals surface area (Å²) in [5.41, 5.74) is 3.21. The van der Waals surface area contributed by atoms with Crippen LogP contribution in [0.1, 0.15) is 38.6 Å². The lowest BCUT2D eigenvalue weighted by molar-refractivity contribution is -0.137. The van der Waals surface area contributed by atoms with Crippen molar-refractivity contribution in [2.75, 3.05) is 6.54 Å². The monoisotopic (exact) mass is 533 g/mol. The molecule has 0 unspecified atom stereocenters. The quantitative estimate of drug-likeness (QED) is 0.239. The molecule has 0 aliphatic rings. The topological polar surface area (TPSA) is 87.0 Å². The van der Waals surface area contributed by atoms with E-state index in [0.717, 1.165) is 39.7 Å². The highest BCUT2D eigenvalue weighted by Crippen LogP contribution is 2.29. The predicted octanol–water partition coefficient (Wildman–Crippen LogP) is 5.74. The van der Waals surface area contributed by atoms with Crippen molar-refractivity contribution >= 4 is 16.8 Å². The largest absolute Gasteiger partial charge is 0.447 e. The number of benzene rings is 2. The van der Waals surface area contributed by atoms with E-state index in [9.17, 15) is 18.0 Å². The van der Waals surface area contributed by atoms with E-state index < -0.39 is 11.7 Å². The number of aromatic amines is 1. The number of alkyl halides is 3. The molecule has 0 radical (unpaired) electrons. The molecule has 0 saturated heterocycles. The minimum Gasteiger partial charge on any atom is -0.447 e. The molecule has 3 aromatic heterocycles. The fraction of sp³-hybridized carbons (Fsp3) is 0.207. The van der Waals surface area contributed by atoms with Gasteiger partial charge in [0.1, 0.15) is 6.26 Å². The number of para-hydroxylation sites is 1. The van der Waals surface area contributed by atoms with Crippen molar-refractivity contribution in [3.05, 3.63) is 119 Å². The van der Waals surface area contributed by atoms with Crippen LogP contribution >= 0.6 is 0 Å². The Morgan fingerprint density at radius 1 is 1.00 bits per heavy atom. The first kappa shape index (κ1) is 26.2. The second kappa shape index (κ2) is 11.5. The summed E-state index contributed by atoms with van der Waals surface area (Å²) >= 11 is 0. The van der Waals surface area contributed by atoms with Crippen molar-refractivity contribution in [3.8, 4) is 0 Å². The van der Waals surface area contributed by atoms with Crippen LogP contribution in [0.4, 0.5) is 13.2 Å². The van der Waals surface area contributed by atoms with Crippen LogP contribution in [0.15, 0.2) is 89.9 Å². The molecule has 200 valence electrons. The summed E-state index contributed by atoms with van der Waals surface area (Å²) < 4.78 is 44.7. The maximum absolute atomic E-state index is 13.0. The number of carbonyl (C=O) groups excluding carboxylic acids is 1. The molecule has 0 aliphatic heterocycles. The summed E-state index contributed by atoms with van der Waals surface area (Å²) in [5.74, 6) is -0.0331. The normalized spacial score (nSPS) is 11.8. The SMILES string of the molecule is O=C(NCc1cccnc1)c1coc(CN(CCc2c[nH]c3ccccc23)Cc2ccc(C(F)(F)F)cc2)n1. The van der Waals surface area contributed by atoms with Gasteiger partial charge in [0.05, 0.1) is 12.1 Å². The minimum atomic E-state index is -4.39. The van der Waals surface area contributed by atoms with Gasteiger partial charge in [-0.2, -0.15) is 13.2 Å². The van der Waals surface area contributed by atoms with Crippen molar-refractivity contribution in [3.63, 3.8) is 0 Å². The highest BCUT2D eigenvalue weighted by molar-refractivity contribution is 5.91. The molecular formula is C29H26F3N5O2. The molecule has 7 nitrogen and oxygen atoms in total. The van der Waals surface area contributed by atoms with Crippen LogP contribution in [0.5, 0.6) is 0 Å². The van der Waals surface area contributed by atoms with Crippen LogP contribution in [-0.2, 0) is 32.2 Å². The number of hydrogen-bond acceptors (Lipinski definition) is 5. The first-order chi connectivity index (χ1) is 18.8. The van der Waals surface area contributed by atoms with Crippen LogP contribution in [0.2, 0.25) is 0 Å². The van der Waals surface area contributed by atoms with Gasteiger partial charge in [0.25, 0.3) is 5.91 Å². The smallest absolute Gasteiger partial charge is 0.416 e. The number of nitrogens with zero attached hydrogens (tertiary/aromatic N) is 3. The van der Waals surface area contributed by atoms with E-state index in [4.69, 9.17) is 4.42 Å². The van der Waals surface area contributed by atoms with Gasteiger partial charge in [0.15, 0.2) is 5.69 Å². The van der Waals surface area contributed by atoms with Crippen molar-refractivity contribution in [2.24, 2.45) is 0 Å². The van der Waals surface area contributed by atoms with Crippen LogP contribution in [0.3, 0.4) is 0 Å². The van der Waals surface area contributed by atoms with E-state index in [1.54, 1.807) is 18.5 Å². The predicted molar refractivity (Wildman–Crippen MR) is 139 cm³/mol. The molecule has 5 aromatic rings. The van der Waals surface area contributed by atoms with Gasteiger partial charge in [-0.3, -0.25) is 14.7 Å². The lowest BCUT2D eigenvalue weighted by Gasteiger charge is -2.21. The first-order valence-electron chi connectivity index (χ1n) is 12.4. The Morgan fingerprint density at radius 2 is 1.82 bits per heavy atom. The summed E-state index contributed by atoms with van der Waals surface area (Å²) in [4.78, 5) is 26.2. The summed E-state index contributed by atoms with van der Waals surface area (Å²) in [6.07, 6.45) is 2.91. The third kappa shape index (κ3) is 6.71. The van der Waals surface area contributed by atoms with Crippen molar-refractivity contribution in [1.82, 2.24) is 25.2 Å². The summed E-state index contributed by atoms with van der Waals surface area (Å²) in [5, 5.41) is 3.91. The van der Waals surface area contributed by atoms with Crippen molar-refractivity contribution in [1.29, 1.82) is 0 Å². The molecule has 10 heteroatoms. The fourth-order valence-electron chi connectivity index (χ4n) is 4.34. The number of carbonyl (C=O) groups is 1. The Balaban J connectivity index is 1.28. The Hall–Kier alpha value is -4.44. The van der Waals surface area contributed by atoms with Gasteiger partial charge in [-0.05, 0) is 47.4 Å². The Morgan fingerprint density at radius 3 is 2.59 bits per heavy atom. The van der Waals surface area contributed by atoms with Crippen molar-refractivity contribution in [2.45, 2.75) is 32.2 Å². The van der Waals surface area contributed by atoms with E-state index in [0.29, 0.717) is 31.9 Å². The highest BCUT2D eigenvalue weighted by atomic mass is 19.4. The maximum atomic E-state index is 13.0. The van der Waals surface area contributed by atoms with E-state index in [1.807, 2.05) is 41.4 Å². The van der Waals surface area contributed by atoms with Gasteiger partial charge in [-0.1, -0.05) is 36.4 Å². The standard InChI is InChI=1S/C29H26F3N5O2/c30-29(31,32)23-9-7-20(8-10-23)17-37(13-11-22-16-34-25-6-2-1-5-24(22)25)18-27-36-26(19-39-27)28(38)35-15-21-4-3-12-33-14-21/h1-10,12,14,16,19,34H,11,13,15,17-18H2,(H,35,38). The molecular weight excluding hydrogens is 507 g/mol. The van der Waals surface area contributed by atoms with E-state index in [-0.39, 0.29) is 18.1 Å². The molecule has 0 spiro atoms. The van der Waals surface area contributed by atoms with E-state index in [1.165, 1.54) is 18.4 Å².